The van der Waals surface area contributed by atoms with Crippen molar-refractivity contribution in [2.45, 2.75) is 25.0 Å². The van der Waals surface area contributed by atoms with Crippen molar-refractivity contribution in [2.75, 3.05) is 7.11 Å². The Morgan fingerprint density at radius 3 is 2.71 bits per heavy atom. The molecule has 4 heteroatoms. The maximum Gasteiger partial charge on any atom is 0.0792 e. The summed E-state index contributed by atoms with van der Waals surface area (Å²) in [4.78, 5) is 0. The molecule has 1 saturated carbocycles. The van der Waals surface area contributed by atoms with Gasteiger partial charge in [-0.25, -0.2) is 0 Å². The van der Waals surface area contributed by atoms with Crippen molar-refractivity contribution in [3.05, 3.63) is 20.8 Å². The molecule has 0 aliphatic heterocycles. The average molecular weight is 276 g/mol. The van der Waals surface area contributed by atoms with Gasteiger partial charge in [-0.05, 0) is 45.6 Å². The molecule has 0 bridgehead atoms. The van der Waals surface area contributed by atoms with Crippen LogP contribution in [-0.4, -0.2) is 13.2 Å². The minimum atomic E-state index is 0.00752. The summed E-state index contributed by atoms with van der Waals surface area (Å²) in [6, 6.07) is 0.00752. The van der Waals surface area contributed by atoms with Crippen LogP contribution in [0, 0.1) is 5.92 Å². The monoisotopic (exact) mass is 275 g/mol. The van der Waals surface area contributed by atoms with Gasteiger partial charge >= 0.3 is 0 Å². The highest BCUT2D eigenvalue weighted by atomic mass is 79.9. The second-order valence-electron chi connectivity index (χ2n) is 3.74. The Labute approximate surface area is 96.6 Å². The fourth-order valence-electron chi connectivity index (χ4n) is 1.76. The van der Waals surface area contributed by atoms with Gasteiger partial charge in [-0.1, -0.05) is 0 Å². The van der Waals surface area contributed by atoms with E-state index in [4.69, 9.17) is 10.5 Å². The molecule has 0 spiro atoms. The lowest BCUT2D eigenvalue weighted by Gasteiger charge is -2.22. The summed E-state index contributed by atoms with van der Waals surface area (Å²) in [6.07, 6.45) is 2.70. The molecule has 0 radical (unpaired) electrons. The Bertz CT molecular complexity index is 311. The van der Waals surface area contributed by atoms with Crippen molar-refractivity contribution >= 4 is 27.3 Å². The molecule has 0 saturated heterocycles. The molecule has 2 unspecified atom stereocenters. The third kappa shape index (κ3) is 2.03. The Morgan fingerprint density at radius 2 is 2.29 bits per heavy atom. The van der Waals surface area contributed by atoms with Crippen LogP contribution in [0.4, 0.5) is 0 Å². The van der Waals surface area contributed by atoms with Crippen molar-refractivity contribution in [1.82, 2.24) is 0 Å². The minimum absolute atomic E-state index is 0.00752. The first-order chi connectivity index (χ1) is 6.74. The Balaban J connectivity index is 2.13. The van der Waals surface area contributed by atoms with Crippen LogP contribution < -0.4 is 5.73 Å². The zero-order valence-corrected chi connectivity index (χ0v) is 10.5. The molecule has 1 aromatic rings. The second kappa shape index (κ2) is 4.31. The first-order valence-electron chi connectivity index (χ1n) is 4.74. The Hall–Kier alpha value is 0.100. The molecule has 78 valence electrons. The highest BCUT2D eigenvalue weighted by molar-refractivity contribution is 9.10. The zero-order chi connectivity index (χ0) is 10.1. The highest BCUT2D eigenvalue weighted by Crippen LogP contribution is 2.40. The molecule has 2 nitrogen and oxygen atoms in total. The number of thiophene rings is 1. The number of ether oxygens (including phenoxy) is 1. The predicted molar refractivity (Wildman–Crippen MR) is 62.5 cm³/mol. The lowest BCUT2D eigenvalue weighted by molar-refractivity contribution is 0.0623. The van der Waals surface area contributed by atoms with Crippen LogP contribution in [0.25, 0.3) is 0 Å². The molecular weight excluding hydrogens is 262 g/mol. The summed E-state index contributed by atoms with van der Waals surface area (Å²) in [5.74, 6) is 0.668. The molecule has 1 aliphatic carbocycles. The fourth-order valence-corrected chi connectivity index (χ4v) is 3.37. The minimum Gasteiger partial charge on any atom is -0.379 e. The van der Waals surface area contributed by atoms with Crippen molar-refractivity contribution in [3.8, 4) is 0 Å². The number of rotatable bonds is 4. The van der Waals surface area contributed by atoms with E-state index in [2.05, 4.69) is 26.7 Å². The summed E-state index contributed by atoms with van der Waals surface area (Å²) in [5, 5.41) is 4.16. The van der Waals surface area contributed by atoms with E-state index in [0.29, 0.717) is 5.92 Å². The maximum atomic E-state index is 6.19. The van der Waals surface area contributed by atoms with Gasteiger partial charge in [-0.2, -0.15) is 11.3 Å². The molecule has 1 aliphatic rings. The summed E-state index contributed by atoms with van der Waals surface area (Å²) < 4.78 is 6.58. The maximum absolute atomic E-state index is 6.19. The largest absolute Gasteiger partial charge is 0.379 e. The summed E-state index contributed by atoms with van der Waals surface area (Å²) in [7, 11) is 1.75. The normalized spacial score (nSPS) is 20.8. The summed E-state index contributed by atoms with van der Waals surface area (Å²) in [5.41, 5.74) is 7.36. The van der Waals surface area contributed by atoms with Crippen LogP contribution in [0.2, 0.25) is 0 Å². The SMILES string of the molecule is COC(C1CC1)C(N)c1cscc1Br. The van der Waals surface area contributed by atoms with E-state index in [1.807, 2.05) is 0 Å². The third-order valence-corrected chi connectivity index (χ3v) is 4.47. The lowest BCUT2D eigenvalue weighted by atomic mass is 10.0. The number of hydrogen-bond acceptors (Lipinski definition) is 3. The van der Waals surface area contributed by atoms with E-state index in [1.54, 1.807) is 18.4 Å². The first-order valence-corrected chi connectivity index (χ1v) is 6.47. The van der Waals surface area contributed by atoms with Crippen LogP contribution in [0.1, 0.15) is 24.4 Å². The van der Waals surface area contributed by atoms with Gasteiger partial charge in [0.25, 0.3) is 0 Å². The molecule has 2 atom stereocenters. The topological polar surface area (TPSA) is 35.2 Å². The average Bonchev–Trinajstić information content (AvgIpc) is 2.90. The quantitative estimate of drug-likeness (QED) is 0.917. The number of halogens is 1. The van der Waals surface area contributed by atoms with Crippen molar-refractivity contribution < 1.29 is 4.74 Å². The van der Waals surface area contributed by atoms with E-state index in [0.717, 1.165) is 4.47 Å². The van der Waals surface area contributed by atoms with Crippen LogP contribution in [0.3, 0.4) is 0 Å². The van der Waals surface area contributed by atoms with Crippen LogP contribution in [0.15, 0.2) is 15.2 Å². The predicted octanol–water partition coefficient (Wildman–Crippen LogP) is 2.94. The zero-order valence-electron chi connectivity index (χ0n) is 8.07. The van der Waals surface area contributed by atoms with Gasteiger partial charge in [0.1, 0.15) is 0 Å². The van der Waals surface area contributed by atoms with Gasteiger partial charge in [0.05, 0.1) is 12.1 Å². The molecular formula is C10H14BrNOS. The molecule has 1 aromatic heterocycles. The molecule has 0 aromatic carbocycles. The van der Waals surface area contributed by atoms with E-state index in [-0.39, 0.29) is 12.1 Å². The van der Waals surface area contributed by atoms with Gasteiger partial charge in [-0.15, -0.1) is 0 Å². The van der Waals surface area contributed by atoms with Crippen molar-refractivity contribution in [2.24, 2.45) is 11.7 Å². The van der Waals surface area contributed by atoms with Gasteiger partial charge < -0.3 is 10.5 Å². The molecule has 1 fully saturated rings. The fraction of sp³-hybridized carbons (Fsp3) is 0.600. The molecule has 2 N–H and O–H groups in total. The summed E-state index contributed by atoms with van der Waals surface area (Å²) >= 11 is 5.18. The smallest absolute Gasteiger partial charge is 0.0792 e. The molecule has 1 heterocycles. The van der Waals surface area contributed by atoms with Gasteiger partial charge in [0, 0.05) is 17.0 Å². The summed E-state index contributed by atoms with van der Waals surface area (Å²) in [6.45, 7) is 0. The Kier molecular flexibility index (Phi) is 3.27. The van der Waals surface area contributed by atoms with Crippen LogP contribution >= 0.6 is 27.3 Å². The second-order valence-corrected chi connectivity index (χ2v) is 5.34. The van der Waals surface area contributed by atoms with Gasteiger partial charge in [0.2, 0.25) is 0 Å². The van der Waals surface area contributed by atoms with E-state index < -0.39 is 0 Å². The molecule has 14 heavy (non-hydrogen) atoms. The van der Waals surface area contributed by atoms with Gasteiger partial charge in [0.15, 0.2) is 0 Å². The number of nitrogens with two attached hydrogens (primary N) is 1. The highest BCUT2D eigenvalue weighted by Gasteiger charge is 2.36. The third-order valence-electron chi connectivity index (χ3n) is 2.71. The molecule has 2 rings (SSSR count). The Morgan fingerprint density at radius 1 is 1.57 bits per heavy atom. The van der Waals surface area contributed by atoms with Crippen LogP contribution in [-0.2, 0) is 4.74 Å². The molecule has 0 amide bonds. The van der Waals surface area contributed by atoms with E-state index in [9.17, 15) is 0 Å². The first kappa shape index (κ1) is 10.6. The standard InChI is InChI=1S/C10H14BrNOS/c1-13-10(6-2-3-6)9(12)7-4-14-5-8(7)11/h4-6,9-10H,2-3,12H2,1H3. The number of methoxy groups -OCH3 is 1. The van der Waals surface area contributed by atoms with Crippen molar-refractivity contribution in [3.63, 3.8) is 0 Å². The van der Waals surface area contributed by atoms with Gasteiger partial charge in [-0.3, -0.25) is 0 Å². The lowest BCUT2D eigenvalue weighted by Crippen LogP contribution is -2.29. The number of hydrogen-bond donors (Lipinski definition) is 1. The van der Waals surface area contributed by atoms with Crippen molar-refractivity contribution in [1.29, 1.82) is 0 Å². The van der Waals surface area contributed by atoms with Crippen LogP contribution in [0.5, 0.6) is 0 Å². The van der Waals surface area contributed by atoms with E-state index in [1.165, 1.54) is 18.4 Å². The van der Waals surface area contributed by atoms with E-state index >= 15 is 0 Å².